The molecule has 0 saturated carbocycles. The molecule has 120 valence electrons. The Labute approximate surface area is 129 Å². The van der Waals surface area contributed by atoms with Crippen LogP contribution in [-0.2, 0) is 14.3 Å². The van der Waals surface area contributed by atoms with E-state index in [-0.39, 0.29) is 23.0 Å². The fourth-order valence-corrected chi connectivity index (χ4v) is 3.98. The van der Waals surface area contributed by atoms with Gasteiger partial charge in [-0.25, -0.2) is 4.79 Å². The number of thioether (sulfide) groups is 1. The third kappa shape index (κ3) is 4.03. The quantitative estimate of drug-likeness (QED) is 0.741. The molecule has 0 aliphatic carbocycles. The number of carbonyl (C=O) groups excluding carboxylic acids is 2. The first kappa shape index (κ1) is 16.4. The Bertz CT molecular complexity index is 414. The van der Waals surface area contributed by atoms with Gasteiger partial charge in [0.1, 0.15) is 11.6 Å². The van der Waals surface area contributed by atoms with Crippen LogP contribution in [-0.4, -0.2) is 59.4 Å². The maximum absolute atomic E-state index is 12.0. The lowest BCUT2D eigenvalue weighted by atomic mass is 10.0. The van der Waals surface area contributed by atoms with E-state index in [4.69, 9.17) is 9.47 Å². The summed E-state index contributed by atoms with van der Waals surface area (Å²) >= 11 is 1.75. The molecule has 0 aromatic carbocycles. The molecule has 0 aromatic rings. The number of nitrogens with one attached hydrogen (secondary N) is 1. The average molecular weight is 316 g/mol. The molecular weight excluding hydrogens is 292 g/mol. The molecule has 2 heterocycles. The Morgan fingerprint density at radius 3 is 2.43 bits per heavy atom. The van der Waals surface area contributed by atoms with Crippen molar-refractivity contribution in [3.63, 3.8) is 0 Å². The molecule has 1 N–H and O–H groups in total. The maximum atomic E-state index is 12.0. The van der Waals surface area contributed by atoms with E-state index >= 15 is 0 Å². The van der Waals surface area contributed by atoms with Gasteiger partial charge in [-0.3, -0.25) is 10.1 Å². The Morgan fingerprint density at radius 1 is 1.29 bits per heavy atom. The molecule has 2 aliphatic rings. The van der Waals surface area contributed by atoms with E-state index in [1.54, 1.807) is 16.7 Å². The largest absolute Gasteiger partial charge is 0.468 e. The molecule has 0 unspecified atom stereocenters. The van der Waals surface area contributed by atoms with Crippen molar-refractivity contribution in [2.75, 3.05) is 26.0 Å². The van der Waals surface area contributed by atoms with Crippen molar-refractivity contribution in [2.24, 2.45) is 0 Å². The molecule has 2 fully saturated rings. The molecular formula is C14H24N2O4S. The van der Waals surface area contributed by atoms with Gasteiger partial charge in [-0.2, -0.15) is 0 Å². The highest BCUT2D eigenvalue weighted by molar-refractivity contribution is 8.01. The fourth-order valence-electron chi connectivity index (χ4n) is 2.58. The average Bonchev–Trinajstić information content (AvgIpc) is 2.81. The van der Waals surface area contributed by atoms with Crippen LogP contribution >= 0.6 is 11.8 Å². The SMILES string of the molecule is COC(=O)[C@@H]1CSC2(CCN(C(=O)OC(C)(C)C)CC2)N1. The van der Waals surface area contributed by atoms with E-state index in [1.807, 2.05) is 20.8 Å². The number of rotatable bonds is 1. The van der Waals surface area contributed by atoms with Crippen LogP contribution in [0, 0.1) is 0 Å². The zero-order valence-corrected chi connectivity index (χ0v) is 13.9. The molecule has 0 bridgehead atoms. The lowest BCUT2D eigenvalue weighted by molar-refractivity contribution is -0.142. The van der Waals surface area contributed by atoms with Gasteiger partial charge in [0.15, 0.2) is 0 Å². The van der Waals surface area contributed by atoms with E-state index in [2.05, 4.69) is 5.32 Å². The predicted octanol–water partition coefficient (Wildman–Crippen LogP) is 1.59. The number of likely N-dealkylation sites (tertiary alicyclic amines) is 1. The third-order valence-corrected chi connectivity index (χ3v) is 5.25. The summed E-state index contributed by atoms with van der Waals surface area (Å²) < 4.78 is 10.2. The maximum Gasteiger partial charge on any atom is 0.410 e. The number of methoxy groups -OCH3 is 1. The highest BCUT2D eigenvalue weighted by Gasteiger charge is 2.45. The van der Waals surface area contributed by atoms with Crippen molar-refractivity contribution in [1.29, 1.82) is 0 Å². The van der Waals surface area contributed by atoms with Crippen molar-refractivity contribution in [1.82, 2.24) is 10.2 Å². The second-order valence-electron chi connectivity index (χ2n) is 6.49. The van der Waals surface area contributed by atoms with E-state index in [9.17, 15) is 9.59 Å². The molecule has 6 nitrogen and oxygen atoms in total. The molecule has 7 heteroatoms. The van der Waals surface area contributed by atoms with Gasteiger partial charge in [0.05, 0.1) is 12.0 Å². The van der Waals surface area contributed by atoms with Gasteiger partial charge in [0.25, 0.3) is 0 Å². The first-order valence-electron chi connectivity index (χ1n) is 7.22. The molecule has 0 radical (unpaired) electrons. The van der Waals surface area contributed by atoms with Crippen LogP contribution in [0.5, 0.6) is 0 Å². The van der Waals surface area contributed by atoms with Gasteiger partial charge in [-0.1, -0.05) is 0 Å². The van der Waals surface area contributed by atoms with Gasteiger partial charge in [-0.15, -0.1) is 11.8 Å². The number of piperidine rings is 1. The number of carbonyl (C=O) groups is 2. The number of esters is 1. The second kappa shape index (κ2) is 6.04. The van der Waals surface area contributed by atoms with Gasteiger partial charge < -0.3 is 14.4 Å². The van der Waals surface area contributed by atoms with Crippen LogP contribution in [0.15, 0.2) is 0 Å². The molecule has 0 aromatic heterocycles. The van der Waals surface area contributed by atoms with E-state index in [1.165, 1.54) is 7.11 Å². The summed E-state index contributed by atoms with van der Waals surface area (Å²) in [5.74, 6) is 0.507. The minimum Gasteiger partial charge on any atom is -0.468 e. The van der Waals surface area contributed by atoms with E-state index in [0.717, 1.165) is 18.6 Å². The Morgan fingerprint density at radius 2 is 1.90 bits per heavy atom. The summed E-state index contributed by atoms with van der Waals surface area (Å²) in [5.41, 5.74) is -0.470. The summed E-state index contributed by atoms with van der Waals surface area (Å²) in [4.78, 5) is 25.3. The van der Waals surface area contributed by atoms with Gasteiger partial charge in [-0.05, 0) is 33.6 Å². The first-order chi connectivity index (χ1) is 9.75. The highest BCUT2D eigenvalue weighted by Crippen LogP contribution is 2.39. The van der Waals surface area contributed by atoms with Crippen LogP contribution in [0.1, 0.15) is 33.6 Å². The number of hydrogen-bond acceptors (Lipinski definition) is 6. The number of nitrogens with zero attached hydrogens (tertiary/aromatic N) is 1. The second-order valence-corrected chi connectivity index (χ2v) is 7.90. The predicted molar refractivity (Wildman–Crippen MR) is 81.2 cm³/mol. The lowest BCUT2D eigenvalue weighted by Gasteiger charge is -2.39. The number of hydrogen-bond donors (Lipinski definition) is 1. The summed E-state index contributed by atoms with van der Waals surface area (Å²) in [6.45, 7) is 6.88. The minimum atomic E-state index is -0.470. The van der Waals surface area contributed by atoms with Crippen LogP contribution in [0.4, 0.5) is 4.79 Å². The lowest BCUT2D eigenvalue weighted by Crippen LogP contribution is -2.53. The van der Waals surface area contributed by atoms with E-state index < -0.39 is 5.60 Å². The topological polar surface area (TPSA) is 67.9 Å². The summed E-state index contributed by atoms with van der Waals surface area (Å²) in [5, 5.41) is 3.37. The summed E-state index contributed by atoms with van der Waals surface area (Å²) in [7, 11) is 1.41. The standard InChI is InChI=1S/C14H24N2O4S/c1-13(2,3)20-12(18)16-7-5-14(6-8-16)15-10(9-21-14)11(17)19-4/h10,15H,5-9H2,1-4H3/t10-/m0/s1. The van der Waals surface area contributed by atoms with Crippen molar-refractivity contribution in [2.45, 2.75) is 50.1 Å². The van der Waals surface area contributed by atoms with Crippen LogP contribution in [0.3, 0.4) is 0 Å². The molecule has 1 spiro atoms. The Hall–Kier alpha value is -0.950. The van der Waals surface area contributed by atoms with Gasteiger partial charge in [0.2, 0.25) is 0 Å². The molecule has 1 atom stereocenters. The van der Waals surface area contributed by atoms with Crippen LogP contribution in [0.25, 0.3) is 0 Å². The van der Waals surface area contributed by atoms with Gasteiger partial charge >= 0.3 is 12.1 Å². The highest BCUT2D eigenvalue weighted by atomic mass is 32.2. The molecule has 2 saturated heterocycles. The zero-order chi connectivity index (χ0) is 15.7. The molecule has 21 heavy (non-hydrogen) atoms. The Balaban J connectivity index is 1.86. The number of ether oxygens (including phenoxy) is 2. The van der Waals surface area contributed by atoms with Crippen molar-refractivity contribution in [3.8, 4) is 0 Å². The van der Waals surface area contributed by atoms with E-state index in [0.29, 0.717) is 13.1 Å². The minimum absolute atomic E-state index is 0.114. The normalized spacial score (nSPS) is 25.0. The molecule has 1 amide bonds. The Kier molecular flexibility index (Phi) is 4.72. The number of amides is 1. The molecule has 2 aliphatic heterocycles. The zero-order valence-electron chi connectivity index (χ0n) is 13.1. The summed E-state index contributed by atoms with van der Waals surface area (Å²) in [6, 6.07) is -0.243. The molecule has 2 rings (SSSR count). The smallest absolute Gasteiger partial charge is 0.410 e. The van der Waals surface area contributed by atoms with Crippen molar-refractivity contribution in [3.05, 3.63) is 0 Å². The summed E-state index contributed by atoms with van der Waals surface area (Å²) in [6.07, 6.45) is 1.36. The monoisotopic (exact) mass is 316 g/mol. The fraction of sp³-hybridized carbons (Fsp3) is 0.857. The van der Waals surface area contributed by atoms with Gasteiger partial charge in [0, 0.05) is 18.8 Å². The first-order valence-corrected chi connectivity index (χ1v) is 8.21. The third-order valence-electron chi connectivity index (χ3n) is 3.67. The van der Waals surface area contributed by atoms with Crippen LogP contribution in [0.2, 0.25) is 0 Å². The van der Waals surface area contributed by atoms with Crippen molar-refractivity contribution >= 4 is 23.8 Å². The van der Waals surface area contributed by atoms with Crippen LogP contribution < -0.4 is 5.32 Å². The van der Waals surface area contributed by atoms with Crippen molar-refractivity contribution < 1.29 is 19.1 Å².